The summed E-state index contributed by atoms with van der Waals surface area (Å²) >= 11 is 0. The van der Waals surface area contributed by atoms with Gasteiger partial charge in [0.1, 0.15) is 0 Å². The molecule has 0 spiro atoms. The van der Waals surface area contributed by atoms with Gasteiger partial charge < -0.3 is 5.11 Å². The van der Waals surface area contributed by atoms with Gasteiger partial charge in [0.25, 0.3) is 0 Å². The van der Waals surface area contributed by atoms with Crippen LogP contribution in [0, 0.1) is 18.3 Å². The van der Waals surface area contributed by atoms with Gasteiger partial charge in [-0.25, -0.2) is 0 Å². The number of hydrogen-bond donors (Lipinski definition) is 1. The predicted octanol–water partition coefficient (Wildman–Crippen LogP) is 1.89. The molecular weight excluding hydrogens is 148 g/mol. The molecule has 2 atom stereocenters. The lowest BCUT2D eigenvalue weighted by Gasteiger charge is -2.23. The molecule has 1 rings (SSSR count). The fraction of sp³-hybridized carbons (Fsp3) is 0.455. The fourth-order valence-corrected chi connectivity index (χ4v) is 1.47. The third-order valence-corrected chi connectivity index (χ3v) is 2.30. The Morgan fingerprint density at radius 2 is 2.42 bits per heavy atom. The van der Waals surface area contributed by atoms with E-state index in [-0.39, 0.29) is 5.92 Å². The van der Waals surface area contributed by atoms with Crippen LogP contribution in [-0.2, 0) is 0 Å². The molecule has 0 aromatic rings. The molecule has 0 fully saturated rings. The zero-order valence-electron chi connectivity index (χ0n) is 7.16. The van der Waals surface area contributed by atoms with Crippen LogP contribution in [-0.4, -0.2) is 11.2 Å². The van der Waals surface area contributed by atoms with Crippen LogP contribution in [0.3, 0.4) is 0 Å². The number of rotatable bonds is 2. The van der Waals surface area contributed by atoms with Crippen LogP contribution in [0.25, 0.3) is 0 Å². The highest BCUT2D eigenvalue weighted by Crippen LogP contribution is 2.24. The molecule has 12 heavy (non-hydrogen) atoms. The number of hydrogen-bond acceptors (Lipinski definition) is 1. The molecule has 0 bridgehead atoms. The Kier molecular flexibility index (Phi) is 3.13. The van der Waals surface area contributed by atoms with Crippen LogP contribution in [0.15, 0.2) is 24.3 Å². The van der Waals surface area contributed by atoms with Crippen LogP contribution >= 0.6 is 0 Å². The van der Waals surface area contributed by atoms with Crippen molar-refractivity contribution in [3.63, 3.8) is 0 Å². The molecule has 1 N–H and O–H groups in total. The van der Waals surface area contributed by atoms with E-state index in [2.05, 4.69) is 24.7 Å². The van der Waals surface area contributed by atoms with Gasteiger partial charge in [-0.3, -0.25) is 0 Å². The van der Waals surface area contributed by atoms with Gasteiger partial charge in [-0.05, 0) is 25.2 Å². The normalized spacial score (nSPS) is 24.5. The summed E-state index contributed by atoms with van der Waals surface area (Å²) in [7, 11) is 0. The van der Waals surface area contributed by atoms with E-state index in [1.807, 2.05) is 0 Å². The molecule has 0 radical (unpaired) electrons. The van der Waals surface area contributed by atoms with Crippen molar-refractivity contribution in [1.82, 2.24) is 0 Å². The van der Waals surface area contributed by atoms with Crippen LogP contribution in [0.1, 0.15) is 19.3 Å². The van der Waals surface area contributed by atoms with Gasteiger partial charge in [-0.1, -0.05) is 24.7 Å². The van der Waals surface area contributed by atoms with Gasteiger partial charge >= 0.3 is 0 Å². The monoisotopic (exact) mass is 162 g/mol. The summed E-state index contributed by atoms with van der Waals surface area (Å²) in [4.78, 5) is 0. The lowest BCUT2D eigenvalue weighted by molar-refractivity contribution is 0.139. The van der Waals surface area contributed by atoms with Gasteiger partial charge in [0.15, 0.2) is 0 Å². The van der Waals surface area contributed by atoms with E-state index >= 15 is 0 Å². The maximum absolute atomic E-state index is 9.67. The van der Waals surface area contributed by atoms with Crippen molar-refractivity contribution in [2.45, 2.75) is 25.4 Å². The Labute approximate surface area is 73.8 Å². The number of aliphatic hydroxyl groups is 1. The summed E-state index contributed by atoms with van der Waals surface area (Å²) in [5, 5.41) is 9.67. The molecule has 64 valence electrons. The second-order valence-corrected chi connectivity index (χ2v) is 3.16. The summed E-state index contributed by atoms with van der Waals surface area (Å²) in [5.41, 5.74) is 0.510. The van der Waals surface area contributed by atoms with E-state index in [1.165, 1.54) is 0 Å². The largest absolute Gasteiger partial charge is 0.387 e. The predicted molar refractivity (Wildman–Crippen MR) is 50.5 cm³/mol. The Morgan fingerprint density at radius 1 is 1.67 bits per heavy atom. The minimum atomic E-state index is -0.514. The Hall–Kier alpha value is -1.00. The van der Waals surface area contributed by atoms with Crippen molar-refractivity contribution in [3.8, 4) is 12.3 Å². The van der Waals surface area contributed by atoms with E-state index in [1.54, 1.807) is 0 Å². The number of terminal acetylenes is 1. The van der Waals surface area contributed by atoms with Crippen molar-refractivity contribution in [3.05, 3.63) is 24.3 Å². The number of allylic oxidation sites excluding steroid dienone is 2. The molecule has 0 saturated carbocycles. The average Bonchev–Trinajstić information content (AvgIpc) is 2.17. The third-order valence-electron chi connectivity index (χ3n) is 2.30. The summed E-state index contributed by atoms with van der Waals surface area (Å²) in [6.45, 7) is 3.64. The van der Waals surface area contributed by atoms with Gasteiger partial charge in [0, 0.05) is 5.57 Å². The molecule has 0 amide bonds. The molecule has 1 heteroatoms. The first-order valence-corrected chi connectivity index (χ1v) is 4.24. The molecule has 0 aliphatic heterocycles. The van der Waals surface area contributed by atoms with Crippen LogP contribution in [0.2, 0.25) is 0 Å². The lowest BCUT2D eigenvalue weighted by Crippen LogP contribution is -2.22. The van der Waals surface area contributed by atoms with Gasteiger partial charge in [-0.15, -0.1) is 6.42 Å². The summed E-state index contributed by atoms with van der Waals surface area (Å²) in [6, 6.07) is 0. The molecule has 0 aromatic carbocycles. The second kappa shape index (κ2) is 4.13. The van der Waals surface area contributed by atoms with Crippen LogP contribution in [0.5, 0.6) is 0 Å². The van der Waals surface area contributed by atoms with Crippen LogP contribution < -0.4 is 0 Å². The summed E-state index contributed by atoms with van der Waals surface area (Å²) in [6.07, 6.45) is 11.8. The lowest BCUT2D eigenvalue weighted by atomic mass is 9.86. The highest BCUT2D eigenvalue weighted by molar-refractivity contribution is 5.26. The van der Waals surface area contributed by atoms with E-state index in [0.29, 0.717) is 5.57 Å². The highest BCUT2D eigenvalue weighted by atomic mass is 16.3. The minimum Gasteiger partial charge on any atom is -0.387 e. The zero-order valence-corrected chi connectivity index (χ0v) is 7.16. The first-order chi connectivity index (χ1) is 5.75. The zero-order chi connectivity index (χ0) is 8.97. The summed E-state index contributed by atoms with van der Waals surface area (Å²) in [5.74, 6) is 2.67. The first kappa shape index (κ1) is 9.09. The fourth-order valence-electron chi connectivity index (χ4n) is 1.47. The Morgan fingerprint density at radius 3 is 2.92 bits per heavy atom. The maximum atomic E-state index is 9.67. The van der Waals surface area contributed by atoms with Gasteiger partial charge in [-0.2, -0.15) is 0 Å². The van der Waals surface area contributed by atoms with E-state index < -0.39 is 6.10 Å². The summed E-state index contributed by atoms with van der Waals surface area (Å²) < 4.78 is 0. The first-order valence-electron chi connectivity index (χ1n) is 4.24. The highest BCUT2D eigenvalue weighted by Gasteiger charge is 2.20. The van der Waals surface area contributed by atoms with Crippen molar-refractivity contribution < 1.29 is 5.11 Å². The SMILES string of the molecule is C#CC(=C)[C@H](O)[C@@H]1CC=CCC1. The number of aliphatic hydroxyl groups excluding tert-OH is 1. The molecule has 0 heterocycles. The standard InChI is InChI=1S/C11H14O/c1-3-9(2)11(12)10-7-5-4-6-8-10/h1,4-5,10-12H,2,6-8H2/t10-,11+/m1/s1. The Balaban J connectivity index is 2.53. The molecule has 1 aliphatic carbocycles. The van der Waals surface area contributed by atoms with Crippen molar-refractivity contribution >= 4 is 0 Å². The Bertz CT molecular complexity index is 232. The molecule has 0 saturated heterocycles. The average molecular weight is 162 g/mol. The van der Waals surface area contributed by atoms with Crippen molar-refractivity contribution in [2.75, 3.05) is 0 Å². The molecule has 0 unspecified atom stereocenters. The third kappa shape index (κ3) is 1.99. The van der Waals surface area contributed by atoms with E-state index in [0.717, 1.165) is 19.3 Å². The van der Waals surface area contributed by atoms with Gasteiger partial charge in [0.05, 0.1) is 6.10 Å². The van der Waals surface area contributed by atoms with E-state index in [9.17, 15) is 5.11 Å². The maximum Gasteiger partial charge on any atom is 0.0892 e. The molecular formula is C11H14O. The molecule has 0 aromatic heterocycles. The van der Waals surface area contributed by atoms with Crippen LogP contribution in [0.4, 0.5) is 0 Å². The molecule has 1 aliphatic rings. The van der Waals surface area contributed by atoms with E-state index in [4.69, 9.17) is 6.42 Å². The second-order valence-electron chi connectivity index (χ2n) is 3.16. The molecule has 1 nitrogen and oxygen atoms in total. The minimum absolute atomic E-state index is 0.276. The topological polar surface area (TPSA) is 20.2 Å². The van der Waals surface area contributed by atoms with Crippen molar-refractivity contribution in [1.29, 1.82) is 0 Å². The quantitative estimate of drug-likeness (QED) is 0.485. The van der Waals surface area contributed by atoms with Crippen molar-refractivity contribution in [2.24, 2.45) is 5.92 Å². The van der Waals surface area contributed by atoms with Gasteiger partial charge in [0.2, 0.25) is 0 Å². The smallest absolute Gasteiger partial charge is 0.0892 e.